The van der Waals surface area contributed by atoms with Crippen molar-refractivity contribution in [3.05, 3.63) is 42.2 Å². The molecule has 0 aliphatic carbocycles. The summed E-state index contributed by atoms with van der Waals surface area (Å²) in [5.74, 6) is 0.0221. The van der Waals surface area contributed by atoms with Gasteiger partial charge in [-0.05, 0) is 17.7 Å². The smallest absolute Gasteiger partial charge is 0.308 e. The molecule has 1 aliphatic heterocycles. The fourth-order valence-electron chi connectivity index (χ4n) is 2.02. The van der Waals surface area contributed by atoms with E-state index in [1.165, 1.54) is 11.1 Å². The van der Waals surface area contributed by atoms with Crippen LogP contribution in [0.15, 0.2) is 36.7 Å². The zero-order valence-electron chi connectivity index (χ0n) is 11.9. The number of nitrogens with zero attached hydrogens (tertiary/aromatic N) is 2. The van der Waals surface area contributed by atoms with E-state index in [0.717, 1.165) is 17.3 Å². The zero-order valence-corrected chi connectivity index (χ0v) is 12.7. The first-order chi connectivity index (χ1) is 11.1. The molecule has 3 rings (SSSR count). The van der Waals surface area contributed by atoms with E-state index in [1.54, 1.807) is 30.5 Å². The number of aromatic amines is 1. The molecule has 0 unspecified atom stereocenters. The van der Waals surface area contributed by atoms with Gasteiger partial charge in [0, 0.05) is 11.9 Å². The predicted octanol–water partition coefficient (Wildman–Crippen LogP) is 2.25. The Hall–Kier alpha value is -2.81. The minimum Gasteiger partial charge on any atom is -0.308 e. The van der Waals surface area contributed by atoms with Crippen molar-refractivity contribution < 1.29 is 14.4 Å². The van der Waals surface area contributed by atoms with Crippen LogP contribution < -0.4 is 10.6 Å². The number of urea groups is 1. The zero-order chi connectivity index (χ0) is 16.2. The number of rotatable bonds is 4. The molecule has 3 N–H and O–H groups in total. The van der Waals surface area contributed by atoms with E-state index in [0.29, 0.717) is 11.4 Å². The molecule has 23 heavy (non-hydrogen) atoms. The molecule has 0 radical (unpaired) electrons. The van der Waals surface area contributed by atoms with Crippen molar-refractivity contribution in [2.45, 2.75) is 6.54 Å². The van der Waals surface area contributed by atoms with E-state index in [-0.39, 0.29) is 29.5 Å². The van der Waals surface area contributed by atoms with Gasteiger partial charge in [-0.15, -0.1) is 0 Å². The van der Waals surface area contributed by atoms with Crippen molar-refractivity contribution in [1.29, 1.82) is 0 Å². The standard InChI is InChI=1S/C14H13N5O3S/c20-12-8-23-14(22)19(12)7-9-1-3-10(4-2-9)17-13(21)18-11-5-15-16-6-11/h1-6H,7-8H2,(H,15,16)(H2,17,18,21). The topological polar surface area (TPSA) is 107 Å². The van der Waals surface area contributed by atoms with Crippen LogP contribution in [0, 0.1) is 0 Å². The lowest BCUT2D eigenvalue weighted by atomic mass is 10.2. The number of benzene rings is 1. The number of anilines is 2. The Morgan fingerprint density at radius 2 is 1.96 bits per heavy atom. The third kappa shape index (κ3) is 3.69. The van der Waals surface area contributed by atoms with E-state index in [1.807, 2.05) is 0 Å². The van der Waals surface area contributed by atoms with Crippen LogP contribution in [0.25, 0.3) is 0 Å². The van der Waals surface area contributed by atoms with Gasteiger partial charge < -0.3 is 10.6 Å². The van der Waals surface area contributed by atoms with Crippen molar-refractivity contribution in [2.24, 2.45) is 0 Å². The number of carbonyl (C=O) groups is 3. The van der Waals surface area contributed by atoms with Crippen LogP contribution in [0.1, 0.15) is 5.56 Å². The quantitative estimate of drug-likeness (QED) is 0.796. The maximum Gasteiger partial charge on any atom is 0.323 e. The van der Waals surface area contributed by atoms with E-state index >= 15 is 0 Å². The van der Waals surface area contributed by atoms with Gasteiger partial charge in [0.15, 0.2) is 0 Å². The molecule has 0 atom stereocenters. The summed E-state index contributed by atoms with van der Waals surface area (Å²) in [6, 6.07) is 6.55. The number of thioether (sulfide) groups is 1. The lowest BCUT2D eigenvalue weighted by Gasteiger charge is -2.13. The maximum absolute atomic E-state index is 11.8. The fraction of sp³-hybridized carbons (Fsp3) is 0.143. The monoisotopic (exact) mass is 331 g/mol. The summed E-state index contributed by atoms with van der Waals surface area (Å²) >= 11 is 1.01. The van der Waals surface area contributed by atoms with Crippen LogP contribution in [0.4, 0.5) is 21.0 Å². The van der Waals surface area contributed by atoms with Gasteiger partial charge in [-0.2, -0.15) is 5.10 Å². The molecular weight excluding hydrogens is 318 g/mol. The highest BCUT2D eigenvalue weighted by Crippen LogP contribution is 2.21. The molecule has 1 fully saturated rings. The highest BCUT2D eigenvalue weighted by molar-refractivity contribution is 8.14. The summed E-state index contributed by atoms with van der Waals surface area (Å²) in [4.78, 5) is 36.1. The summed E-state index contributed by atoms with van der Waals surface area (Å²) in [5, 5.41) is 11.4. The molecule has 1 saturated heterocycles. The minimum absolute atomic E-state index is 0.179. The number of amides is 4. The largest absolute Gasteiger partial charge is 0.323 e. The lowest BCUT2D eigenvalue weighted by molar-refractivity contribution is -0.125. The van der Waals surface area contributed by atoms with Crippen LogP contribution >= 0.6 is 11.8 Å². The molecule has 1 aliphatic rings. The van der Waals surface area contributed by atoms with E-state index in [2.05, 4.69) is 20.8 Å². The Labute approximate surface area is 135 Å². The molecule has 1 aromatic heterocycles. The summed E-state index contributed by atoms with van der Waals surface area (Å²) in [6.45, 7) is 0.242. The SMILES string of the molecule is O=C(Nc1ccc(CN2C(=O)CSC2=O)cc1)Nc1cn[nH]c1. The van der Waals surface area contributed by atoms with Gasteiger partial charge in [0.1, 0.15) is 0 Å². The van der Waals surface area contributed by atoms with Crippen molar-refractivity contribution >= 4 is 40.3 Å². The van der Waals surface area contributed by atoms with Crippen LogP contribution in [-0.4, -0.2) is 38.0 Å². The van der Waals surface area contributed by atoms with E-state index < -0.39 is 0 Å². The Kier molecular flexibility index (Phi) is 4.29. The lowest BCUT2D eigenvalue weighted by Crippen LogP contribution is -2.27. The molecular formula is C14H13N5O3S. The number of hydrogen-bond donors (Lipinski definition) is 3. The third-order valence-electron chi connectivity index (χ3n) is 3.15. The normalized spacial score (nSPS) is 14.2. The summed E-state index contributed by atoms with van der Waals surface area (Å²) < 4.78 is 0. The maximum atomic E-state index is 11.8. The Morgan fingerprint density at radius 1 is 1.22 bits per heavy atom. The number of nitrogens with one attached hydrogen (secondary N) is 3. The van der Waals surface area contributed by atoms with Crippen LogP contribution in [0.5, 0.6) is 0 Å². The van der Waals surface area contributed by atoms with Crippen molar-refractivity contribution in [2.75, 3.05) is 16.4 Å². The van der Waals surface area contributed by atoms with Crippen LogP contribution in [0.3, 0.4) is 0 Å². The van der Waals surface area contributed by atoms with Crippen molar-refractivity contribution in [3.8, 4) is 0 Å². The molecule has 2 heterocycles. The fourth-order valence-corrected chi connectivity index (χ4v) is 2.75. The first-order valence-corrected chi connectivity index (χ1v) is 7.73. The van der Waals surface area contributed by atoms with Crippen LogP contribution in [0.2, 0.25) is 0 Å². The number of aromatic nitrogens is 2. The molecule has 8 nitrogen and oxygen atoms in total. The first-order valence-electron chi connectivity index (χ1n) is 6.74. The van der Waals surface area contributed by atoms with Gasteiger partial charge in [-0.1, -0.05) is 23.9 Å². The van der Waals surface area contributed by atoms with Gasteiger partial charge in [-0.25, -0.2) is 4.79 Å². The van der Waals surface area contributed by atoms with Crippen molar-refractivity contribution in [3.63, 3.8) is 0 Å². The van der Waals surface area contributed by atoms with Gasteiger partial charge in [-0.3, -0.25) is 19.6 Å². The van der Waals surface area contributed by atoms with Gasteiger partial charge >= 0.3 is 6.03 Å². The highest BCUT2D eigenvalue weighted by Gasteiger charge is 2.29. The number of H-pyrrole nitrogens is 1. The third-order valence-corrected chi connectivity index (χ3v) is 4.01. The molecule has 0 bridgehead atoms. The molecule has 0 saturated carbocycles. The number of hydrogen-bond acceptors (Lipinski definition) is 5. The second-order valence-electron chi connectivity index (χ2n) is 4.80. The van der Waals surface area contributed by atoms with Gasteiger partial charge in [0.25, 0.3) is 5.24 Å². The molecule has 2 aromatic rings. The summed E-state index contributed by atoms with van der Waals surface area (Å²) in [7, 11) is 0. The number of carbonyl (C=O) groups excluding carboxylic acids is 3. The average Bonchev–Trinajstić information content (AvgIpc) is 3.14. The number of imide groups is 1. The molecule has 1 aromatic carbocycles. The average molecular weight is 331 g/mol. The van der Waals surface area contributed by atoms with Gasteiger partial charge in [0.2, 0.25) is 5.91 Å². The Balaban J connectivity index is 1.57. The Morgan fingerprint density at radius 3 is 2.57 bits per heavy atom. The molecule has 118 valence electrons. The second-order valence-corrected chi connectivity index (χ2v) is 5.72. The van der Waals surface area contributed by atoms with Crippen molar-refractivity contribution in [1.82, 2.24) is 15.1 Å². The predicted molar refractivity (Wildman–Crippen MR) is 86.1 cm³/mol. The molecule has 0 spiro atoms. The molecule has 9 heteroatoms. The van der Waals surface area contributed by atoms with Gasteiger partial charge in [0.05, 0.1) is 24.2 Å². The summed E-state index contributed by atoms with van der Waals surface area (Å²) in [6.07, 6.45) is 3.05. The highest BCUT2D eigenvalue weighted by atomic mass is 32.2. The van der Waals surface area contributed by atoms with E-state index in [4.69, 9.17) is 0 Å². The Bertz CT molecular complexity index is 713. The minimum atomic E-state index is -0.388. The second kappa shape index (κ2) is 6.53. The first kappa shape index (κ1) is 15.1. The summed E-state index contributed by atoms with van der Waals surface area (Å²) in [5.41, 5.74) is 1.97. The van der Waals surface area contributed by atoms with E-state index in [9.17, 15) is 14.4 Å². The molecule has 4 amide bonds. The van der Waals surface area contributed by atoms with Crippen LogP contribution in [-0.2, 0) is 11.3 Å².